The number of benzene rings is 1. The SMILES string of the molecule is O=C(Cn1cnc2ccccc21)N1CCS[C@H](c2cccs2)CC1. The van der Waals surface area contributed by atoms with Crippen molar-refractivity contribution < 1.29 is 4.79 Å². The molecule has 3 heterocycles. The first-order valence-electron chi connectivity index (χ1n) is 8.14. The molecule has 4 rings (SSSR count). The Hall–Kier alpha value is -1.79. The smallest absolute Gasteiger partial charge is 0.242 e. The summed E-state index contributed by atoms with van der Waals surface area (Å²) in [5, 5.41) is 2.66. The van der Waals surface area contributed by atoms with Crippen LogP contribution in [0.25, 0.3) is 11.0 Å². The molecule has 0 saturated carbocycles. The Labute approximate surface area is 149 Å². The molecule has 6 heteroatoms. The molecule has 1 fully saturated rings. The fraction of sp³-hybridized carbons (Fsp3) is 0.333. The summed E-state index contributed by atoms with van der Waals surface area (Å²) in [4.78, 5) is 20.5. The van der Waals surface area contributed by atoms with Gasteiger partial charge in [-0.15, -0.1) is 11.3 Å². The number of imidazole rings is 1. The molecule has 3 aromatic rings. The molecule has 1 aliphatic rings. The maximum absolute atomic E-state index is 12.7. The van der Waals surface area contributed by atoms with Gasteiger partial charge in [0.1, 0.15) is 6.54 Å². The highest BCUT2D eigenvalue weighted by Crippen LogP contribution is 2.36. The van der Waals surface area contributed by atoms with Gasteiger partial charge >= 0.3 is 0 Å². The maximum atomic E-state index is 12.7. The standard InChI is InChI=1S/C18H19N3OS2/c22-18(12-21-13-19-14-4-1-2-5-15(14)21)20-8-7-17(24-11-9-20)16-6-3-10-23-16/h1-6,10,13,17H,7-9,11-12H2/t17-/m0/s1. The summed E-state index contributed by atoms with van der Waals surface area (Å²) in [5.41, 5.74) is 1.96. The second-order valence-electron chi connectivity index (χ2n) is 5.91. The Bertz CT molecular complexity index is 828. The molecule has 1 atom stereocenters. The summed E-state index contributed by atoms with van der Waals surface area (Å²) in [6.07, 6.45) is 2.80. The molecule has 0 unspecified atom stereocenters. The minimum Gasteiger partial charge on any atom is -0.340 e. The third-order valence-electron chi connectivity index (χ3n) is 4.39. The molecule has 0 spiro atoms. The van der Waals surface area contributed by atoms with Crippen molar-refractivity contribution in [2.75, 3.05) is 18.8 Å². The van der Waals surface area contributed by atoms with Crippen LogP contribution < -0.4 is 0 Å². The van der Waals surface area contributed by atoms with Crippen molar-refractivity contribution >= 4 is 40.0 Å². The monoisotopic (exact) mass is 357 g/mol. The molecule has 124 valence electrons. The molecule has 1 aliphatic heterocycles. The number of rotatable bonds is 3. The van der Waals surface area contributed by atoms with Crippen LogP contribution in [0.4, 0.5) is 0 Å². The predicted octanol–water partition coefficient (Wildman–Crippen LogP) is 3.80. The Morgan fingerprint density at radius 3 is 3.00 bits per heavy atom. The Kier molecular flexibility index (Phi) is 4.58. The van der Waals surface area contributed by atoms with E-state index in [0.29, 0.717) is 11.8 Å². The van der Waals surface area contributed by atoms with Gasteiger partial charge in [0.25, 0.3) is 0 Å². The number of para-hydroxylation sites is 2. The average molecular weight is 358 g/mol. The average Bonchev–Trinajstić information content (AvgIpc) is 3.20. The molecular weight excluding hydrogens is 338 g/mol. The van der Waals surface area contributed by atoms with Gasteiger partial charge in [-0.2, -0.15) is 11.8 Å². The lowest BCUT2D eigenvalue weighted by Gasteiger charge is -2.20. The summed E-state index contributed by atoms with van der Waals surface area (Å²) < 4.78 is 1.95. The maximum Gasteiger partial charge on any atom is 0.242 e. The van der Waals surface area contributed by atoms with E-state index < -0.39 is 0 Å². The van der Waals surface area contributed by atoms with E-state index in [2.05, 4.69) is 22.5 Å². The Balaban J connectivity index is 1.43. The van der Waals surface area contributed by atoms with Crippen LogP contribution in [0.2, 0.25) is 0 Å². The number of hydrogen-bond donors (Lipinski definition) is 0. The van der Waals surface area contributed by atoms with E-state index in [1.807, 2.05) is 56.8 Å². The highest BCUT2D eigenvalue weighted by molar-refractivity contribution is 7.99. The summed E-state index contributed by atoms with van der Waals surface area (Å²) in [6, 6.07) is 12.3. The number of carbonyl (C=O) groups is 1. The number of thioether (sulfide) groups is 1. The number of hydrogen-bond acceptors (Lipinski definition) is 4. The fourth-order valence-electron chi connectivity index (χ4n) is 3.10. The summed E-state index contributed by atoms with van der Waals surface area (Å²) in [7, 11) is 0. The van der Waals surface area contributed by atoms with Crippen LogP contribution >= 0.6 is 23.1 Å². The summed E-state index contributed by atoms with van der Waals surface area (Å²) in [6.45, 7) is 2.04. The van der Waals surface area contributed by atoms with E-state index >= 15 is 0 Å². The number of thiophene rings is 1. The van der Waals surface area contributed by atoms with Crippen molar-refractivity contribution in [3.8, 4) is 0 Å². The highest BCUT2D eigenvalue weighted by atomic mass is 32.2. The van der Waals surface area contributed by atoms with Gasteiger partial charge in [-0.3, -0.25) is 4.79 Å². The van der Waals surface area contributed by atoms with E-state index in [9.17, 15) is 4.79 Å². The molecule has 2 aromatic heterocycles. The van der Waals surface area contributed by atoms with Crippen LogP contribution in [0, 0.1) is 0 Å². The van der Waals surface area contributed by atoms with Gasteiger partial charge < -0.3 is 9.47 Å². The zero-order valence-electron chi connectivity index (χ0n) is 13.3. The van der Waals surface area contributed by atoms with Crippen LogP contribution in [0.3, 0.4) is 0 Å². The molecule has 0 N–H and O–H groups in total. The zero-order chi connectivity index (χ0) is 16.4. The lowest BCUT2D eigenvalue weighted by atomic mass is 10.2. The molecule has 1 aromatic carbocycles. The predicted molar refractivity (Wildman–Crippen MR) is 100 cm³/mol. The number of nitrogens with zero attached hydrogens (tertiary/aromatic N) is 3. The molecule has 1 saturated heterocycles. The van der Waals surface area contributed by atoms with Gasteiger partial charge in [-0.25, -0.2) is 4.98 Å². The van der Waals surface area contributed by atoms with Crippen LogP contribution in [0.15, 0.2) is 48.1 Å². The molecule has 1 amide bonds. The van der Waals surface area contributed by atoms with Gasteiger partial charge in [0.05, 0.1) is 17.4 Å². The lowest BCUT2D eigenvalue weighted by Crippen LogP contribution is -2.35. The molecule has 4 nitrogen and oxygen atoms in total. The number of aromatic nitrogens is 2. The number of carbonyl (C=O) groups excluding carboxylic acids is 1. The second-order valence-corrected chi connectivity index (χ2v) is 8.20. The first-order valence-corrected chi connectivity index (χ1v) is 10.1. The van der Waals surface area contributed by atoms with Crippen LogP contribution in [0.5, 0.6) is 0 Å². The summed E-state index contributed by atoms with van der Waals surface area (Å²) in [5.74, 6) is 1.18. The molecule has 24 heavy (non-hydrogen) atoms. The first kappa shape index (κ1) is 15.7. The van der Waals surface area contributed by atoms with Gasteiger partial charge in [-0.1, -0.05) is 18.2 Å². The molecule has 0 bridgehead atoms. The third kappa shape index (κ3) is 3.21. The minimum absolute atomic E-state index is 0.186. The highest BCUT2D eigenvalue weighted by Gasteiger charge is 2.23. The lowest BCUT2D eigenvalue weighted by molar-refractivity contribution is -0.131. The number of fused-ring (bicyclic) bond motifs is 1. The van der Waals surface area contributed by atoms with Crippen molar-refractivity contribution in [3.05, 3.63) is 53.0 Å². The normalized spacial score (nSPS) is 18.7. The molecular formula is C18H19N3OS2. The first-order chi connectivity index (χ1) is 11.8. The zero-order valence-corrected chi connectivity index (χ0v) is 14.9. The molecule has 0 aliphatic carbocycles. The van der Waals surface area contributed by atoms with Crippen LogP contribution in [-0.2, 0) is 11.3 Å². The van der Waals surface area contributed by atoms with Gasteiger partial charge in [0.2, 0.25) is 5.91 Å². The van der Waals surface area contributed by atoms with Gasteiger partial charge in [0.15, 0.2) is 0 Å². The van der Waals surface area contributed by atoms with Crippen molar-refractivity contribution in [1.29, 1.82) is 0 Å². The van der Waals surface area contributed by atoms with Gasteiger partial charge in [0, 0.05) is 29.0 Å². The van der Waals surface area contributed by atoms with E-state index in [1.165, 1.54) is 4.88 Å². The summed E-state index contributed by atoms with van der Waals surface area (Å²) >= 11 is 3.79. The van der Waals surface area contributed by atoms with Crippen molar-refractivity contribution in [2.45, 2.75) is 18.2 Å². The van der Waals surface area contributed by atoms with Gasteiger partial charge in [-0.05, 0) is 30.0 Å². The third-order valence-corrected chi connectivity index (χ3v) is 6.83. The minimum atomic E-state index is 0.186. The van der Waals surface area contributed by atoms with Crippen LogP contribution in [0.1, 0.15) is 16.5 Å². The molecule has 0 radical (unpaired) electrons. The quantitative estimate of drug-likeness (QED) is 0.715. The van der Waals surface area contributed by atoms with E-state index in [4.69, 9.17) is 0 Å². The van der Waals surface area contributed by atoms with Crippen molar-refractivity contribution in [2.24, 2.45) is 0 Å². The second kappa shape index (κ2) is 6.99. The number of amides is 1. The Morgan fingerprint density at radius 1 is 1.21 bits per heavy atom. The van der Waals surface area contributed by atoms with E-state index in [1.54, 1.807) is 6.33 Å². The Morgan fingerprint density at radius 2 is 2.12 bits per heavy atom. The fourth-order valence-corrected chi connectivity index (χ4v) is 5.34. The van der Waals surface area contributed by atoms with Crippen LogP contribution in [-0.4, -0.2) is 39.2 Å². The topological polar surface area (TPSA) is 38.1 Å². The van der Waals surface area contributed by atoms with Crippen molar-refractivity contribution in [1.82, 2.24) is 14.5 Å². The largest absolute Gasteiger partial charge is 0.340 e. The van der Waals surface area contributed by atoms with E-state index in [0.717, 1.165) is 36.3 Å². The van der Waals surface area contributed by atoms with E-state index in [-0.39, 0.29) is 5.91 Å². The van der Waals surface area contributed by atoms with Crippen molar-refractivity contribution in [3.63, 3.8) is 0 Å².